The maximum Gasteiger partial charge on any atom is 0.0959 e. The van der Waals surface area contributed by atoms with Gasteiger partial charge in [0.15, 0.2) is 0 Å². The van der Waals surface area contributed by atoms with Crippen molar-refractivity contribution in [2.45, 2.75) is 19.8 Å². The van der Waals surface area contributed by atoms with E-state index < -0.39 is 0 Å². The molecule has 2 nitrogen and oxygen atoms in total. The third-order valence-corrected chi connectivity index (χ3v) is 4.12. The summed E-state index contributed by atoms with van der Waals surface area (Å²) in [6, 6.07) is 17.2. The maximum absolute atomic E-state index is 4.57. The molecule has 0 amide bonds. The minimum atomic E-state index is 1.06. The Balaban J connectivity index is 1.87. The standard InChI is InChI=1S/C18H16N2/c1-12-6-8-14(9-7-12)17-16-11-10-13-4-2-3-5-15(13)18(16)20-19-17/h2-9H,10-11H2,1H3,(H,19,20). The Bertz CT molecular complexity index is 766. The first-order chi connectivity index (χ1) is 9.83. The molecule has 0 atom stereocenters. The summed E-state index contributed by atoms with van der Waals surface area (Å²) in [6.07, 6.45) is 2.16. The van der Waals surface area contributed by atoms with Gasteiger partial charge in [-0.1, -0.05) is 54.1 Å². The number of nitrogens with one attached hydrogen (secondary N) is 1. The summed E-state index contributed by atoms with van der Waals surface area (Å²) in [4.78, 5) is 0. The zero-order valence-corrected chi connectivity index (χ0v) is 11.5. The fourth-order valence-corrected chi connectivity index (χ4v) is 3.02. The smallest absolute Gasteiger partial charge is 0.0959 e. The molecular formula is C18H16N2. The van der Waals surface area contributed by atoms with E-state index in [9.17, 15) is 0 Å². The first kappa shape index (κ1) is 11.5. The molecule has 0 spiro atoms. The zero-order chi connectivity index (χ0) is 13.5. The molecule has 4 rings (SSSR count). The Morgan fingerprint density at radius 2 is 1.75 bits per heavy atom. The number of nitrogens with zero attached hydrogens (tertiary/aromatic N) is 1. The zero-order valence-electron chi connectivity index (χ0n) is 11.5. The second-order valence-corrected chi connectivity index (χ2v) is 5.45. The van der Waals surface area contributed by atoms with Gasteiger partial charge in [-0.2, -0.15) is 5.10 Å². The maximum atomic E-state index is 4.57. The van der Waals surface area contributed by atoms with Crippen molar-refractivity contribution >= 4 is 0 Å². The van der Waals surface area contributed by atoms with E-state index >= 15 is 0 Å². The summed E-state index contributed by atoms with van der Waals surface area (Å²) >= 11 is 0. The van der Waals surface area contributed by atoms with Gasteiger partial charge in [0.1, 0.15) is 0 Å². The Morgan fingerprint density at radius 3 is 2.60 bits per heavy atom. The molecule has 98 valence electrons. The van der Waals surface area contributed by atoms with E-state index in [0.29, 0.717) is 0 Å². The highest BCUT2D eigenvalue weighted by Gasteiger charge is 2.21. The van der Waals surface area contributed by atoms with Gasteiger partial charge >= 0.3 is 0 Å². The highest BCUT2D eigenvalue weighted by Crippen LogP contribution is 2.36. The molecule has 0 fully saturated rings. The Kier molecular flexibility index (Phi) is 2.49. The first-order valence-electron chi connectivity index (χ1n) is 7.05. The summed E-state index contributed by atoms with van der Waals surface area (Å²) < 4.78 is 0. The summed E-state index contributed by atoms with van der Waals surface area (Å²) in [5.41, 5.74) is 8.86. The molecule has 1 aliphatic rings. The van der Waals surface area contributed by atoms with E-state index in [0.717, 1.165) is 18.5 Å². The molecular weight excluding hydrogens is 244 g/mol. The highest BCUT2D eigenvalue weighted by molar-refractivity contribution is 5.77. The van der Waals surface area contributed by atoms with Crippen LogP contribution in [0, 0.1) is 6.92 Å². The molecule has 1 aliphatic carbocycles. The third-order valence-electron chi connectivity index (χ3n) is 4.12. The topological polar surface area (TPSA) is 28.7 Å². The number of hydrogen-bond donors (Lipinski definition) is 1. The fraction of sp³-hybridized carbons (Fsp3) is 0.167. The number of aryl methyl sites for hydroxylation is 2. The van der Waals surface area contributed by atoms with Gasteiger partial charge in [0, 0.05) is 16.7 Å². The van der Waals surface area contributed by atoms with Gasteiger partial charge < -0.3 is 0 Å². The van der Waals surface area contributed by atoms with Gasteiger partial charge in [-0.3, -0.25) is 5.10 Å². The average Bonchev–Trinajstić information content (AvgIpc) is 2.92. The van der Waals surface area contributed by atoms with Crippen LogP contribution >= 0.6 is 0 Å². The summed E-state index contributed by atoms with van der Waals surface area (Å²) in [5, 5.41) is 7.82. The molecule has 1 heterocycles. The number of benzene rings is 2. The van der Waals surface area contributed by atoms with Crippen LogP contribution in [0.2, 0.25) is 0 Å². The van der Waals surface area contributed by atoms with Crippen molar-refractivity contribution in [2.75, 3.05) is 0 Å². The molecule has 0 saturated heterocycles. The summed E-state index contributed by atoms with van der Waals surface area (Å²) in [6.45, 7) is 2.11. The summed E-state index contributed by atoms with van der Waals surface area (Å²) in [5.74, 6) is 0. The van der Waals surface area contributed by atoms with Crippen LogP contribution in [-0.2, 0) is 12.8 Å². The quantitative estimate of drug-likeness (QED) is 0.699. The minimum Gasteiger partial charge on any atom is -0.277 e. The number of H-pyrrole nitrogens is 1. The number of aromatic amines is 1. The van der Waals surface area contributed by atoms with Gasteiger partial charge in [0.05, 0.1) is 11.4 Å². The monoisotopic (exact) mass is 260 g/mol. The van der Waals surface area contributed by atoms with Gasteiger partial charge in [-0.25, -0.2) is 0 Å². The van der Waals surface area contributed by atoms with Crippen LogP contribution in [-0.4, -0.2) is 10.2 Å². The van der Waals surface area contributed by atoms with Crippen LogP contribution < -0.4 is 0 Å². The molecule has 2 aromatic carbocycles. The lowest BCUT2D eigenvalue weighted by molar-refractivity contribution is 0.943. The minimum absolute atomic E-state index is 1.06. The van der Waals surface area contributed by atoms with Crippen molar-refractivity contribution < 1.29 is 0 Å². The highest BCUT2D eigenvalue weighted by atomic mass is 15.1. The number of hydrogen-bond acceptors (Lipinski definition) is 1. The van der Waals surface area contributed by atoms with E-state index in [1.165, 1.54) is 33.5 Å². The number of rotatable bonds is 1. The normalized spacial score (nSPS) is 12.8. The summed E-state index contributed by atoms with van der Waals surface area (Å²) in [7, 11) is 0. The van der Waals surface area contributed by atoms with Crippen molar-refractivity contribution in [1.82, 2.24) is 10.2 Å². The molecule has 1 N–H and O–H groups in total. The Labute approximate surface area is 118 Å². The molecule has 20 heavy (non-hydrogen) atoms. The van der Waals surface area contributed by atoms with Crippen LogP contribution in [0.3, 0.4) is 0 Å². The fourth-order valence-electron chi connectivity index (χ4n) is 3.02. The van der Waals surface area contributed by atoms with E-state index in [1.807, 2.05) is 0 Å². The first-order valence-corrected chi connectivity index (χ1v) is 7.05. The SMILES string of the molecule is Cc1ccc(-c2n[nH]c3c2CCc2ccccc2-3)cc1. The lowest BCUT2D eigenvalue weighted by atomic mass is 9.88. The molecule has 3 aromatic rings. The van der Waals surface area contributed by atoms with Crippen molar-refractivity contribution in [3.63, 3.8) is 0 Å². The average molecular weight is 260 g/mol. The van der Waals surface area contributed by atoms with Crippen molar-refractivity contribution in [3.8, 4) is 22.5 Å². The van der Waals surface area contributed by atoms with Crippen molar-refractivity contribution in [3.05, 3.63) is 65.2 Å². The lowest BCUT2D eigenvalue weighted by Crippen LogP contribution is -2.03. The van der Waals surface area contributed by atoms with Gasteiger partial charge in [-0.05, 0) is 25.3 Å². The largest absolute Gasteiger partial charge is 0.277 e. The van der Waals surface area contributed by atoms with E-state index in [-0.39, 0.29) is 0 Å². The van der Waals surface area contributed by atoms with E-state index in [2.05, 4.69) is 65.7 Å². The Morgan fingerprint density at radius 1 is 0.950 bits per heavy atom. The van der Waals surface area contributed by atoms with Crippen LogP contribution in [0.5, 0.6) is 0 Å². The predicted octanol–water partition coefficient (Wildman–Crippen LogP) is 4.15. The van der Waals surface area contributed by atoms with Gasteiger partial charge in [-0.15, -0.1) is 0 Å². The van der Waals surface area contributed by atoms with Crippen LogP contribution in [0.25, 0.3) is 22.5 Å². The van der Waals surface area contributed by atoms with Crippen LogP contribution in [0.4, 0.5) is 0 Å². The number of aromatic nitrogens is 2. The predicted molar refractivity (Wildman–Crippen MR) is 81.6 cm³/mol. The molecule has 0 radical (unpaired) electrons. The van der Waals surface area contributed by atoms with Crippen molar-refractivity contribution in [2.24, 2.45) is 0 Å². The second-order valence-electron chi connectivity index (χ2n) is 5.45. The van der Waals surface area contributed by atoms with E-state index in [4.69, 9.17) is 0 Å². The van der Waals surface area contributed by atoms with Gasteiger partial charge in [0.25, 0.3) is 0 Å². The molecule has 0 saturated carbocycles. The van der Waals surface area contributed by atoms with Crippen LogP contribution in [0.1, 0.15) is 16.7 Å². The van der Waals surface area contributed by atoms with E-state index in [1.54, 1.807) is 0 Å². The molecule has 0 unspecified atom stereocenters. The van der Waals surface area contributed by atoms with Crippen molar-refractivity contribution in [1.29, 1.82) is 0 Å². The number of fused-ring (bicyclic) bond motifs is 3. The molecule has 1 aromatic heterocycles. The Hall–Kier alpha value is -2.35. The van der Waals surface area contributed by atoms with Gasteiger partial charge in [0.2, 0.25) is 0 Å². The molecule has 0 aliphatic heterocycles. The third kappa shape index (κ3) is 1.68. The molecule has 0 bridgehead atoms. The molecule has 2 heteroatoms. The lowest BCUT2D eigenvalue weighted by Gasteiger charge is -2.16. The second kappa shape index (κ2) is 4.34. The van der Waals surface area contributed by atoms with Crippen LogP contribution in [0.15, 0.2) is 48.5 Å².